The van der Waals surface area contributed by atoms with Crippen LogP contribution in [0.3, 0.4) is 0 Å². The van der Waals surface area contributed by atoms with E-state index in [-0.39, 0.29) is 13.4 Å². The van der Waals surface area contributed by atoms with Crippen molar-refractivity contribution in [3.8, 4) is 0 Å². The maximum Gasteiger partial charge on any atom is 0.321 e. The minimum absolute atomic E-state index is 0.143. The summed E-state index contributed by atoms with van der Waals surface area (Å²) in [6.07, 6.45) is 10.6. The van der Waals surface area contributed by atoms with Crippen molar-refractivity contribution in [1.82, 2.24) is 5.32 Å². The Morgan fingerprint density at radius 1 is 1.48 bits per heavy atom. The van der Waals surface area contributed by atoms with Crippen molar-refractivity contribution in [1.29, 1.82) is 0 Å². The van der Waals surface area contributed by atoms with E-state index >= 15 is 0 Å². The van der Waals surface area contributed by atoms with E-state index in [1.165, 1.54) is 12.8 Å². The number of carbonyl (C=O) groups is 1. The molecule has 1 fully saturated rings. The molecule has 1 saturated heterocycles. The molecule has 0 radical (unpaired) electrons. The Balaban J connectivity index is 2.64. The zero-order chi connectivity index (χ0) is 15.7. The van der Waals surface area contributed by atoms with E-state index in [1.807, 2.05) is 0 Å². The van der Waals surface area contributed by atoms with Gasteiger partial charge in [0.2, 0.25) is 0 Å². The molecule has 0 spiro atoms. The number of nitrogens with one attached hydrogen (secondary N) is 1. The quantitative estimate of drug-likeness (QED) is 0.328. The fraction of sp³-hybridized carbons (Fsp3) is 0.812. The van der Waals surface area contributed by atoms with Gasteiger partial charge in [0.25, 0.3) is 7.48 Å². The highest BCUT2D eigenvalue weighted by Crippen LogP contribution is 2.30. The Morgan fingerprint density at radius 2 is 2.24 bits per heavy atom. The van der Waals surface area contributed by atoms with E-state index in [9.17, 15) is 9.90 Å². The van der Waals surface area contributed by atoms with E-state index in [1.54, 1.807) is 0 Å². The van der Waals surface area contributed by atoms with Gasteiger partial charge >= 0.3 is 5.97 Å². The number of rotatable bonds is 10. The second-order valence-corrected chi connectivity index (χ2v) is 6.11. The zero-order valence-corrected chi connectivity index (χ0v) is 13.4. The summed E-state index contributed by atoms with van der Waals surface area (Å²) in [6, 6.07) is -0.440. The molecule has 1 aliphatic rings. The first-order valence-corrected chi connectivity index (χ1v) is 8.39. The fourth-order valence-corrected chi connectivity index (χ4v) is 3.27. The van der Waals surface area contributed by atoms with Crippen LogP contribution in [0.5, 0.6) is 0 Å². The van der Waals surface area contributed by atoms with Gasteiger partial charge in [0.15, 0.2) is 0 Å². The van der Waals surface area contributed by atoms with Gasteiger partial charge in [-0.25, -0.2) is 0 Å². The van der Waals surface area contributed by atoms with Gasteiger partial charge in [-0.1, -0.05) is 45.2 Å². The lowest BCUT2D eigenvalue weighted by molar-refractivity contribution is -0.140. The van der Waals surface area contributed by atoms with Crippen LogP contribution >= 0.6 is 0 Å². The van der Waals surface area contributed by atoms with E-state index < -0.39 is 12.0 Å². The summed E-state index contributed by atoms with van der Waals surface area (Å²) in [5, 5.41) is 21.4. The first-order chi connectivity index (χ1) is 10.1. The van der Waals surface area contributed by atoms with Gasteiger partial charge in [-0.05, 0) is 37.0 Å². The third-order valence-corrected chi connectivity index (χ3v) is 4.58. The lowest BCUT2D eigenvalue weighted by Crippen LogP contribution is -2.35. The number of carboxylic acids is 1. The third kappa shape index (κ3) is 5.83. The Bertz CT molecular complexity index is 335. The summed E-state index contributed by atoms with van der Waals surface area (Å²) >= 11 is 0. The average molecular weight is 295 g/mol. The monoisotopic (exact) mass is 295 g/mol. The molecule has 1 heterocycles. The molecule has 4 nitrogen and oxygen atoms in total. The number of hydrogen-bond donors (Lipinski definition) is 3. The molecule has 0 bridgehead atoms. The molecule has 4 atom stereocenters. The van der Waals surface area contributed by atoms with Crippen molar-refractivity contribution >= 4 is 13.5 Å². The van der Waals surface area contributed by atoms with Crippen molar-refractivity contribution in [3.63, 3.8) is 0 Å². The van der Waals surface area contributed by atoms with Gasteiger partial charge in [0.05, 0.1) is 0 Å². The molecule has 0 saturated carbocycles. The SMILES string of the molecule is CCCC(/C=C/[C@H]1CN[C@H](C(=O)O)[C@@H]1CCCBO)CC. The first-order valence-electron chi connectivity index (χ1n) is 8.39. The Hall–Kier alpha value is -0.805. The second kappa shape index (κ2) is 10.0. The molecule has 0 aromatic heterocycles. The summed E-state index contributed by atoms with van der Waals surface area (Å²) in [6.45, 7) is 5.15. The summed E-state index contributed by atoms with van der Waals surface area (Å²) in [5.41, 5.74) is 0. The summed E-state index contributed by atoms with van der Waals surface area (Å²) in [7, 11) is 0.187. The summed E-state index contributed by atoms with van der Waals surface area (Å²) < 4.78 is 0. The second-order valence-electron chi connectivity index (χ2n) is 6.11. The van der Waals surface area contributed by atoms with Gasteiger partial charge in [0.1, 0.15) is 6.04 Å². The molecule has 1 rings (SSSR count). The van der Waals surface area contributed by atoms with E-state index in [0.29, 0.717) is 11.8 Å². The van der Waals surface area contributed by atoms with Crippen LogP contribution in [0, 0.1) is 17.8 Å². The zero-order valence-electron chi connectivity index (χ0n) is 13.4. The molecule has 21 heavy (non-hydrogen) atoms. The van der Waals surface area contributed by atoms with Crippen LogP contribution < -0.4 is 5.32 Å². The van der Waals surface area contributed by atoms with Crippen LogP contribution in [0.1, 0.15) is 46.0 Å². The Labute approximate surface area is 129 Å². The molecule has 1 aliphatic heterocycles. The molecule has 3 N–H and O–H groups in total. The van der Waals surface area contributed by atoms with Gasteiger partial charge in [0, 0.05) is 6.54 Å². The van der Waals surface area contributed by atoms with Crippen molar-refractivity contribution in [2.45, 2.75) is 58.3 Å². The van der Waals surface area contributed by atoms with Crippen LogP contribution in [-0.2, 0) is 4.79 Å². The van der Waals surface area contributed by atoms with Crippen molar-refractivity contribution in [2.24, 2.45) is 17.8 Å². The predicted molar refractivity (Wildman–Crippen MR) is 87.6 cm³/mol. The fourth-order valence-electron chi connectivity index (χ4n) is 3.27. The van der Waals surface area contributed by atoms with Gasteiger partial charge in [-0.3, -0.25) is 4.79 Å². The Morgan fingerprint density at radius 3 is 2.81 bits per heavy atom. The van der Waals surface area contributed by atoms with Crippen molar-refractivity contribution in [3.05, 3.63) is 12.2 Å². The van der Waals surface area contributed by atoms with Crippen molar-refractivity contribution < 1.29 is 14.9 Å². The van der Waals surface area contributed by atoms with Crippen LogP contribution in [0.4, 0.5) is 0 Å². The van der Waals surface area contributed by atoms with E-state index in [2.05, 4.69) is 31.3 Å². The maximum absolute atomic E-state index is 11.4. The van der Waals surface area contributed by atoms with E-state index in [4.69, 9.17) is 5.02 Å². The molecule has 0 aliphatic carbocycles. The number of aliphatic carboxylic acids is 1. The minimum atomic E-state index is -0.750. The molecule has 0 aromatic carbocycles. The van der Waals surface area contributed by atoms with Gasteiger partial charge in [-0.15, -0.1) is 0 Å². The normalized spacial score (nSPS) is 27.1. The third-order valence-electron chi connectivity index (χ3n) is 4.58. The summed E-state index contributed by atoms with van der Waals surface area (Å²) in [5.74, 6) is 0.303. The lowest BCUT2D eigenvalue weighted by atomic mass is 9.82. The molecule has 0 amide bonds. The van der Waals surface area contributed by atoms with Crippen LogP contribution in [0.2, 0.25) is 6.32 Å². The van der Waals surface area contributed by atoms with Crippen molar-refractivity contribution in [2.75, 3.05) is 6.54 Å². The molecule has 5 heteroatoms. The summed E-state index contributed by atoms with van der Waals surface area (Å²) in [4.78, 5) is 11.4. The topological polar surface area (TPSA) is 69.6 Å². The van der Waals surface area contributed by atoms with Gasteiger partial charge < -0.3 is 15.4 Å². The highest BCUT2D eigenvalue weighted by Gasteiger charge is 2.38. The average Bonchev–Trinajstić information content (AvgIpc) is 2.87. The first kappa shape index (κ1) is 18.2. The largest absolute Gasteiger partial charge is 0.480 e. The number of allylic oxidation sites excluding steroid dienone is 1. The van der Waals surface area contributed by atoms with Crippen LogP contribution in [0.25, 0.3) is 0 Å². The van der Waals surface area contributed by atoms with E-state index in [0.717, 1.165) is 32.1 Å². The highest BCUT2D eigenvalue weighted by molar-refractivity contribution is 6.25. The molecular weight excluding hydrogens is 265 g/mol. The molecule has 1 unspecified atom stereocenters. The number of hydrogen-bond acceptors (Lipinski definition) is 3. The smallest absolute Gasteiger partial charge is 0.321 e. The Kier molecular flexibility index (Phi) is 8.70. The minimum Gasteiger partial charge on any atom is -0.480 e. The van der Waals surface area contributed by atoms with Gasteiger partial charge in [-0.2, -0.15) is 0 Å². The molecule has 0 aromatic rings. The number of carboxylic acid groups (broad SMARTS) is 1. The maximum atomic E-state index is 11.4. The lowest BCUT2D eigenvalue weighted by Gasteiger charge is -2.20. The molecule has 120 valence electrons. The predicted octanol–water partition coefficient (Wildman–Crippen LogP) is 2.20. The van der Waals surface area contributed by atoms with Crippen LogP contribution in [-0.4, -0.2) is 36.2 Å². The standard InChI is InChI=1S/C16H30BNO3/c1-3-6-12(4-2)8-9-13-11-18-15(16(19)20)14(13)7-5-10-17-21/h8-9,12-15,17-18,21H,3-7,10-11H2,1-2H3,(H,19,20)/b9-8+/t12?,13-,14+,15-/m0/s1. The molecular formula is C16H30BNO3. The van der Waals surface area contributed by atoms with Crippen LogP contribution in [0.15, 0.2) is 12.2 Å². The highest BCUT2D eigenvalue weighted by atomic mass is 16.4.